The third-order valence-electron chi connectivity index (χ3n) is 5.03. The van der Waals surface area contributed by atoms with E-state index in [1.54, 1.807) is 31.2 Å². The highest BCUT2D eigenvalue weighted by Gasteiger charge is 2.16. The van der Waals surface area contributed by atoms with E-state index in [2.05, 4.69) is 15.5 Å². The fraction of sp³-hybridized carbons (Fsp3) is 0.318. The van der Waals surface area contributed by atoms with Gasteiger partial charge in [-0.1, -0.05) is 5.16 Å². The van der Waals surface area contributed by atoms with E-state index in [9.17, 15) is 13.6 Å². The van der Waals surface area contributed by atoms with Gasteiger partial charge in [0.2, 0.25) is 17.6 Å². The van der Waals surface area contributed by atoms with Crippen molar-refractivity contribution in [3.63, 3.8) is 0 Å². The molecule has 4 rings (SSSR count). The fourth-order valence-electron chi connectivity index (χ4n) is 3.35. The molecular formula is C22H22F2N4O3. The van der Waals surface area contributed by atoms with Crippen molar-refractivity contribution in [2.45, 2.75) is 19.8 Å². The molecule has 31 heavy (non-hydrogen) atoms. The van der Waals surface area contributed by atoms with Gasteiger partial charge in [-0.2, -0.15) is 4.98 Å². The predicted octanol–water partition coefficient (Wildman–Crippen LogP) is 3.73. The number of aromatic nitrogens is 2. The SMILES string of the molecule is Cc1cc(-c2noc(CCC(=O)Nc3ccc(N4CCOCC4)c(F)c3)n2)ccc1F. The third-order valence-corrected chi connectivity index (χ3v) is 5.03. The normalized spacial score (nSPS) is 14.0. The lowest BCUT2D eigenvalue weighted by Gasteiger charge is -2.29. The summed E-state index contributed by atoms with van der Waals surface area (Å²) in [6.07, 6.45) is 0.324. The number of amides is 1. The van der Waals surface area contributed by atoms with E-state index in [1.165, 1.54) is 12.1 Å². The van der Waals surface area contributed by atoms with E-state index < -0.39 is 5.82 Å². The van der Waals surface area contributed by atoms with Gasteiger partial charge in [-0.3, -0.25) is 4.79 Å². The van der Waals surface area contributed by atoms with Crippen LogP contribution in [0.25, 0.3) is 11.4 Å². The van der Waals surface area contributed by atoms with Gasteiger partial charge in [-0.15, -0.1) is 0 Å². The molecule has 0 bridgehead atoms. The molecule has 1 fully saturated rings. The molecule has 2 heterocycles. The average molecular weight is 428 g/mol. The van der Waals surface area contributed by atoms with Gasteiger partial charge in [0.15, 0.2) is 0 Å². The number of hydrogen-bond acceptors (Lipinski definition) is 6. The molecule has 0 aliphatic carbocycles. The lowest BCUT2D eigenvalue weighted by atomic mass is 10.1. The van der Waals surface area contributed by atoms with Gasteiger partial charge in [-0.25, -0.2) is 8.78 Å². The Bertz CT molecular complexity index is 1080. The van der Waals surface area contributed by atoms with Gasteiger partial charge in [-0.05, 0) is 48.9 Å². The molecule has 1 saturated heterocycles. The molecule has 1 aliphatic rings. The second kappa shape index (κ2) is 9.22. The van der Waals surface area contributed by atoms with Gasteiger partial charge >= 0.3 is 0 Å². The smallest absolute Gasteiger partial charge is 0.227 e. The second-order valence-electron chi connectivity index (χ2n) is 7.29. The highest BCUT2D eigenvalue weighted by Crippen LogP contribution is 2.24. The number of halogens is 2. The Balaban J connectivity index is 1.33. The fourth-order valence-corrected chi connectivity index (χ4v) is 3.35. The molecule has 1 amide bonds. The van der Waals surface area contributed by atoms with Crippen molar-refractivity contribution < 1.29 is 22.8 Å². The number of carbonyl (C=O) groups is 1. The van der Waals surface area contributed by atoms with Crippen LogP contribution >= 0.6 is 0 Å². The largest absolute Gasteiger partial charge is 0.378 e. The van der Waals surface area contributed by atoms with Gasteiger partial charge in [0.05, 0.1) is 18.9 Å². The first kappa shape index (κ1) is 20.9. The summed E-state index contributed by atoms with van der Waals surface area (Å²) in [4.78, 5) is 18.4. The van der Waals surface area contributed by atoms with E-state index in [0.29, 0.717) is 60.5 Å². The summed E-state index contributed by atoms with van der Waals surface area (Å²) in [6.45, 7) is 4.05. The molecule has 162 valence electrons. The van der Waals surface area contributed by atoms with E-state index in [-0.39, 0.29) is 24.6 Å². The Morgan fingerprint density at radius 3 is 2.68 bits per heavy atom. The molecule has 0 unspecified atom stereocenters. The van der Waals surface area contributed by atoms with Crippen LogP contribution in [0.15, 0.2) is 40.9 Å². The Kier molecular flexibility index (Phi) is 6.22. The summed E-state index contributed by atoms with van der Waals surface area (Å²) < 4.78 is 38.3. The number of anilines is 2. The summed E-state index contributed by atoms with van der Waals surface area (Å²) in [5.74, 6) is -0.370. The Morgan fingerprint density at radius 2 is 1.94 bits per heavy atom. The van der Waals surface area contributed by atoms with Crippen LogP contribution < -0.4 is 10.2 Å². The van der Waals surface area contributed by atoms with Gasteiger partial charge in [0, 0.05) is 37.2 Å². The van der Waals surface area contributed by atoms with Crippen LogP contribution in [0.4, 0.5) is 20.2 Å². The Hall–Kier alpha value is -3.33. The molecule has 3 aromatic rings. The van der Waals surface area contributed by atoms with Crippen molar-refractivity contribution >= 4 is 17.3 Å². The average Bonchev–Trinajstić information content (AvgIpc) is 3.24. The van der Waals surface area contributed by atoms with Gasteiger partial charge in [0.25, 0.3) is 0 Å². The zero-order valence-electron chi connectivity index (χ0n) is 17.0. The monoisotopic (exact) mass is 428 g/mol. The summed E-state index contributed by atoms with van der Waals surface area (Å²) in [5, 5.41) is 6.56. The van der Waals surface area contributed by atoms with Crippen molar-refractivity contribution in [3.8, 4) is 11.4 Å². The molecule has 7 nitrogen and oxygen atoms in total. The number of morpholine rings is 1. The Morgan fingerprint density at radius 1 is 1.13 bits per heavy atom. The first-order valence-corrected chi connectivity index (χ1v) is 10.0. The number of benzene rings is 2. The maximum absolute atomic E-state index is 14.5. The van der Waals surface area contributed by atoms with Crippen LogP contribution in [-0.4, -0.2) is 42.4 Å². The molecule has 1 aliphatic heterocycles. The first-order chi connectivity index (χ1) is 15.0. The van der Waals surface area contributed by atoms with Crippen LogP contribution in [0.2, 0.25) is 0 Å². The summed E-state index contributed by atoms with van der Waals surface area (Å²) in [7, 11) is 0. The molecule has 2 aromatic carbocycles. The predicted molar refractivity (Wildman–Crippen MR) is 111 cm³/mol. The van der Waals surface area contributed by atoms with E-state index in [0.717, 1.165) is 0 Å². The van der Waals surface area contributed by atoms with E-state index in [1.807, 2.05) is 4.90 Å². The minimum Gasteiger partial charge on any atom is -0.378 e. The molecule has 1 aromatic heterocycles. The third kappa shape index (κ3) is 5.05. The maximum atomic E-state index is 14.5. The number of carbonyl (C=O) groups excluding carboxylic acids is 1. The van der Waals surface area contributed by atoms with Crippen LogP contribution in [0.3, 0.4) is 0 Å². The van der Waals surface area contributed by atoms with Crippen molar-refractivity contribution in [1.29, 1.82) is 0 Å². The van der Waals surface area contributed by atoms with E-state index >= 15 is 0 Å². The van der Waals surface area contributed by atoms with E-state index in [4.69, 9.17) is 9.26 Å². The zero-order chi connectivity index (χ0) is 21.8. The lowest BCUT2D eigenvalue weighted by molar-refractivity contribution is -0.116. The summed E-state index contributed by atoms with van der Waals surface area (Å²) in [6, 6.07) is 9.19. The van der Waals surface area contributed by atoms with Crippen LogP contribution in [0.5, 0.6) is 0 Å². The molecule has 0 radical (unpaired) electrons. The van der Waals surface area contributed by atoms with Crippen molar-refractivity contribution in [2.75, 3.05) is 36.5 Å². The lowest BCUT2D eigenvalue weighted by Crippen LogP contribution is -2.36. The Labute approximate surface area is 178 Å². The molecule has 0 spiro atoms. The minimum atomic E-state index is -0.393. The highest BCUT2D eigenvalue weighted by atomic mass is 19.1. The molecule has 9 heteroatoms. The highest BCUT2D eigenvalue weighted by molar-refractivity contribution is 5.91. The van der Waals surface area contributed by atoms with Crippen LogP contribution in [-0.2, 0) is 16.0 Å². The molecule has 0 saturated carbocycles. The maximum Gasteiger partial charge on any atom is 0.227 e. The molecular weight excluding hydrogens is 406 g/mol. The molecule has 0 atom stereocenters. The molecule has 1 N–H and O–H groups in total. The number of hydrogen-bond donors (Lipinski definition) is 1. The summed E-state index contributed by atoms with van der Waals surface area (Å²) in [5.41, 5.74) is 1.99. The van der Waals surface area contributed by atoms with Crippen molar-refractivity contribution in [3.05, 3.63) is 59.5 Å². The number of nitrogens with one attached hydrogen (secondary N) is 1. The minimum absolute atomic E-state index is 0.0942. The van der Waals surface area contributed by atoms with Crippen molar-refractivity contribution in [1.82, 2.24) is 10.1 Å². The first-order valence-electron chi connectivity index (χ1n) is 10.0. The van der Waals surface area contributed by atoms with Crippen LogP contribution in [0, 0.1) is 18.6 Å². The number of aryl methyl sites for hydroxylation is 2. The quantitative estimate of drug-likeness (QED) is 0.645. The standard InChI is InChI=1S/C22H22F2N4O3/c1-14-12-15(2-4-17(14)23)22-26-21(31-27-22)7-6-20(29)25-16-3-5-19(18(24)13-16)28-8-10-30-11-9-28/h2-5,12-13H,6-11H2,1H3,(H,25,29). The number of rotatable bonds is 6. The van der Waals surface area contributed by atoms with Gasteiger partial charge < -0.3 is 19.5 Å². The topological polar surface area (TPSA) is 80.5 Å². The van der Waals surface area contributed by atoms with Gasteiger partial charge in [0.1, 0.15) is 11.6 Å². The number of nitrogens with zero attached hydrogens (tertiary/aromatic N) is 3. The zero-order valence-corrected chi connectivity index (χ0v) is 17.0. The number of ether oxygens (including phenoxy) is 1. The summed E-state index contributed by atoms with van der Waals surface area (Å²) >= 11 is 0. The van der Waals surface area contributed by atoms with Crippen LogP contribution in [0.1, 0.15) is 17.9 Å². The van der Waals surface area contributed by atoms with Crippen molar-refractivity contribution in [2.24, 2.45) is 0 Å². The second-order valence-corrected chi connectivity index (χ2v) is 7.29.